The number of aromatic nitrogens is 3. The fraction of sp³-hybridized carbons (Fsp3) is 0.333. The molecule has 0 N–H and O–H groups in total. The van der Waals surface area contributed by atoms with Gasteiger partial charge in [-0.25, -0.2) is 8.42 Å². The first-order valence-corrected chi connectivity index (χ1v) is 12.2. The zero-order chi connectivity index (χ0) is 20.4. The molecule has 1 aliphatic heterocycles. The highest BCUT2D eigenvalue weighted by molar-refractivity contribution is 8.01. The molecule has 4 rings (SSSR count). The van der Waals surface area contributed by atoms with E-state index < -0.39 is 9.84 Å². The van der Waals surface area contributed by atoms with Gasteiger partial charge in [-0.05, 0) is 55.7 Å². The van der Waals surface area contributed by atoms with Gasteiger partial charge in [-0.2, -0.15) is 0 Å². The standard InChI is InChI=1S/C21H23N3O3S2/c1-15-8-9-17(12-16(15)2)24-20(13-27-18-6-4-3-5-7-18)22-23-21(24)28-19-10-11-29(25,26)14-19/h3-9,12,19H,10-11,13-14H2,1-2H3. The molecule has 8 heteroatoms. The summed E-state index contributed by atoms with van der Waals surface area (Å²) in [6.45, 7) is 4.41. The lowest BCUT2D eigenvalue weighted by Gasteiger charge is -2.14. The second-order valence-corrected chi connectivity index (χ2v) is 10.7. The van der Waals surface area contributed by atoms with E-state index in [1.165, 1.54) is 22.9 Å². The number of aryl methyl sites for hydroxylation is 2. The summed E-state index contributed by atoms with van der Waals surface area (Å²) >= 11 is 1.48. The van der Waals surface area contributed by atoms with E-state index in [9.17, 15) is 8.42 Å². The highest BCUT2D eigenvalue weighted by atomic mass is 32.2. The summed E-state index contributed by atoms with van der Waals surface area (Å²) in [5.41, 5.74) is 3.33. The highest BCUT2D eigenvalue weighted by Crippen LogP contribution is 2.32. The van der Waals surface area contributed by atoms with Crippen LogP contribution in [-0.4, -0.2) is 39.9 Å². The minimum Gasteiger partial charge on any atom is -0.486 e. The molecule has 2 aromatic carbocycles. The van der Waals surface area contributed by atoms with Crippen LogP contribution < -0.4 is 4.74 Å². The Bertz CT molecular complexity index is 1110. The largest absolute Gasteiger partial charge is 0.486 e. The van der Waals surface area contributed by atoms with Gasteiger partial charge in [0.15, 0.2) is 20.8 Å². The van der Waals surface area contributed by atoms with E-state index in [2.05, 4.69) is 36.2 Å². The second kappa shape index (κ2) is 8.20. The molecule has 1 aromatic heterocycles. The lowest BCUT2D eigenvalue weighted by molar-refractivity contribution is 0.293. The maximum Gasteiger partial charge on any atom is 0.196 e. The number of ether oxygens (including phenoxy) is 1. The van der Waals surface area contributed by atoms with Crippen LogP contribution in [0.1, 0.15) is 23.4 Å². The monoisotopic (exact) mass is 429 g/mol. The van der Waals surface area contributed by atoms with Crippen molar-refractivity contribution in [1.82, 2.24) is 14.8 Å². The smallest absolute Gasteiger partial charge is 0.196 e. The number of para-hydroxylation sites is 1. The van der Waals surface area contributed by atoms with Crippen LogP contribution in [0.2, 0.25) is 0 Å². The van der Waals surface area contributed by atoms with Gasteiger partial charge in [0.1, 0.15) is 12.4 Å². The van der Waals surface area contributed by atoms with Crippen molar-refractivity contribution in [3.8, 4) is 11.4 Å². The lowest BCUT2D eigenvalue weighted by Crippen LogP contribution is -2.10. The first-order chi connectivity index (χ1) is 13.9. The molecular weight excluding hydrogens is 406 g/mol. The summed E-state index contributed by atoms with van der Waals surface area (Å²) in [7, 11) is -2.95. The van der Waals surface area contributed by atoms with Crippen molar-refractivity contribution < 1.29 is 13.2 Å². The van der Waals surface area contributed by atoms with E-state index >= 15 is 0 Å². The van der Waals surface area contributed by atoms with Gasteiger partial charge in [-0.3, -0.25) is 4.57 Å². The Morgan fingerprint density at radius 2 is 1.90 bits per heavy atom. The van der Waals surface area contributed by atoms with Crippen LogP contribution >= 0.6 is 11.8 Å². The summed E-state index contributed by atoms with van der Waals surface area (Å²) in [6.07, 6.45) is 0.642. The number of hydrogen-bond acceptors (Lipinski definition) is 6. The normalized spacial score (nSPS) is 18.1. The summed E-state index contributed by atoms with van der Waals surface area (Å²) in [4.78, 5) is 0. The van der Waals surface area contributed by atoms with Crippen LogP contribution in [0.15, 0.2) is 53.7 Å². The summed E-state index contributed by atoms with van der Waals surface area (Å²) in [5, 5.41) is 9.42. The van der Waals surface area contributed by atoms with Gasteiger partial charge in [0.05, 0.1) is 11.5 Å². The zero-order valence-electron chi connectivity index (χ0n) is 16.4. The number of hydrogen-bond donors (Lipinski definition) is 0. The summed E-state index contributed by atoms with van der Waals surface area (Å²) in [6, 6.07) is 15.8. The van der Waals surface area contributed by atoms with Gasteiger partial charge in [-0.15, -0.1) is 10.2 Å². The predicted octanol–water partition coefficient (Wildman–Crippen LogP) is 3.74. The quantitative estimate of drug-likeness (QED) is 0.594. The minimum absolute atomic E-state index is 0.00242. The van der Waals surface area contributed by atoms with Crippen molar-refractivity contribution in [1.29, 1.82) is 0 Å². The van der Waals surface area contributed by atoms with Crippen molar-refractivity contribution >= 4 is 21.6 Å². The van der Waals surface area contributed by atoms with Gasteiger partial charge in [-0.1, -0.05) is 36.0 Å². The molecule has 29 heavy (non-hydrogen) atoms. The lowest BCUT2D eigenvalue weighted by atomic mass is 10.1. The third-order valence-electron chi connectivity index (χ3n) is 5.02. The average molecular weight is 430 g/mol. The first kappa shape index (κ1) is 20.0. The summed E-state index contributed by atoms with van der Waals surface area (Å²) in [5.74, 6) is 1.87. The maximum atomic E-state index is 11.9. The predicted molar refractivity (Wildman–Crippen MR) is 115 cm³/mol. The molecule has 1 unspecified atom stereocenters. The number of benzene rings is 2. The molecule has 0 bridgehead atoms. The Hall–Kier alpha value is -2.32. The van der Waals surface area contributed by atoms with Crippen LogP contribution in [0.3, 0.4) is 0 Å². The topological polar surface area (TPSA) is 74.1 Å². The Labute approximate surface area is 175 Å². The second-order valence-electron chi connectivity index (χ2n) is 7.25. The third-order valence-corrected chi connectivity index (χ3v) is 8.21. The van der Waals surface area contributed by atoms with Crippen LogP contribution in [0, 0.1) is 13.8 Å². The first-order valence-electron chi connectivity index (χ1n) is 9.48. The van der Waals surface area contributed by atoms with Crippen molar-refractivity contribution in [2.75, 3.05) is 11.5 Å². The highest BCUT2D eigenvalue weighted by Gasteiger charge is 2.30. The molecule has 1 aliphatic rings. The number of thioether (sulfide) groups is 1. The van der Waals surface area contributed by atoms with E-state index in [0.717, 1.165) is 11.4 Å². The van der Waals surface area contributed by atoms with E-state index in [-0.39, 0.29) is 23.4 Å². The van der Waals surface area contributed by atoms with Crippen molar-refractivity contribution in [2.24, 2.45) is 0 Å². The van der Waals surface area contributed by atoms with E-state index in [1.807, 2.05) is 41.0 Å². The van der Waals surface area contributed by atoms with Crippen LogP contribution in [0.4, 0.5) is 0 Å². The summed E-state index contributed by atoms with van der Waals surface area (Å²) < 4.78 is 31.6. The van der Waals surface area contributed by atoms with E-state index in [4.69, 9.17) is 4.74 Å². The fourth-order valence-electron chi connectivity index (χ4n) is 3.26. The molecule has 2 heterocycles. The Balaban J connectivity index is 1.65. The Morgan fingerprint density at radius 3 is 2.59 bits per heavy atom. The maximum absolute atomic E-state index is 11.9. The van der Waals surface area contributed by atoms with Crippen LogP contribution in [0.25, 0.3) is 5.69 Å². The molecule has 152 valence electrons. The molecule has 1 atom stereocenters. The molecule has 6 nitrogen and oxygen atoms in total. The third kappa shape index (κ3) is 4.64. The molecule has 1 fully saturated rings. The molecule has 0 spiro atoms. The number of sulfone groups is 1. The van der Waals surface area contributed by atoms with Gasteiger partial charge < -0.3 is 4.74 Å². The van der Waals surface area contributed by atoms with E-state index in [1.54, 1.807) is 0 Å². The molecule has 0 aliphatic carbocycles. The molecule has 0 radical (unpaired) electrons. The van der Waals surface area contributed by atoms with Crippen molar-refractivity contribution in [3.05, 3.63) is 65.5 Å². The minimum atomic E-state index is -2.95. The Morgan fingerprint density at radius 1 is 1.10 bits per heavy atom. The van der Waals surface area contributed by atoms with Crippen molar-refractivity contribution in [2.45, 2.75) is 37.3 Å². The number of rotatable bonds is 6. The van der Waals surface area contributed by atoms with Crippen molar-refractivity contribution in [3.63, 3.8) is 0 Å². The van der Waals surface area contributed by atoms with Crippen LogP contribution in [-0.2, 0) is 16.4 Å². The van der Waals surface area contributed by atoms with Gasteiger partial charge >= 0.3 is 0 Å². The average Bonchev–Trinajstić information content (AvgIpc) is 3.26. The van der Waals surface area contributed by atoms with Crippen LogP contribution in [0.5, 0.6) is 5.75 Å². The fourth-order valence-corrected chi connectivity index (χ4v) is 6.79. The van der Waals surface area contributed by atoms with Gasteiger partial charge in [0, 0.05) is 10.9 Å². The van der Waals surface area contributed by atoms with E-state index in [0.29, 0.717) is 17.4 Å². The van der Waals surface area contributed by atoms with Gasteiger partial charge in [0.25, 0.3) is 0 Å². The molecular formula is C21H23N3O3S2. The molecule has 3 aromatic rings. The Kier molecular flexibility index (Phi) is 5.65. The molecule has 0 saturated carbocycles. The SMILES string of the molecule is Cc1ccc(-n2c(COc3ccccc3)nnc2SC2CCS(=O)(=O)C2)cc1C. The molecule has 0 amide bonds. The zero-order valence-corrected chi connectivity index (χ0v) is 18.0. The molecule has 1 saturated heterocycles. The number of nitrogens with zero attached hydrogens (tertiary/aromatic N) is 3. The van der Waals surface area contributed by atoms with Gasteiger partial charge in [0.2, 0.25) is 0 Å².